The van der Waals surface area contributed by atoms with E-state index < -0.39 is 0 Å². The highest BCUT2D eigenvalue weighted by atomic mass is 16.1. The summed E-state index contributed by atoms with van der Waals surface area (Å²) in [5.74, 6) is 1.02. The molecular weight excluding hydrogens is 160 g/mol. The molecule has 0 atom stereocenters. The second kappa shape index (κ2) is 8.28. The van der Waals surface area contributed by atoms with E-state index >= 15 is 0 Å². The van der Waals surface area contributed by atoms with Gasteiger partial charge in [0.1, 0.15) is 5.78 Å². The lowest BCUT2D eigenvalue weighted by molar-refractivity contribution is -0.118. The Morgan fingerprint density at radius 3 is 1.85 bits per heavy atom. The van der Waals surface area contributed by atoms with Crippen molar-refractivity contribution in [2.75, 3.05) is 0 Å². The molecule has 0 fully saturated rings. The van der Waals surface area contributed by atoms with Gasteiger partial charge < -0.3 is 4.79 Å². The Bertz CT molecular complexity index is 121. The van der Waals surface area contributed by atoms with Crippen molar-refractivity contribution < 1.29 is 4.79 Å². The van der Waals surface area contributed by atoms with Crippen molar-refractivity contribution in [2.45, 2.75) is 65.7 Å². The van der Waals surface area contributed by atoms with Crippen LogP contribution in [-0.2, 0) is 4.79 Å². The lowest BCUT2D eigenvalue weighted by Gasteiger charge is -2.13. The van der Waals surface area contributed by atoms with Crippen molar-refractivity contribution >= 4 is 5.78 Å². The number of unbranched alkanes of at least 4 members (excludes halogenated alkanes) is 2. The zero-order chi connectivity index (χ0) is 10.1. The molecule has 0 heterocycles. The standard InChI is InChI=1S/C12H24O/c1-4-6-8-12(9-7-5-2)10-11(3)13/h12H,4-10H2,1-3H3. The SMILES string of the molecule is CCCCC(CCCC)CC(C)=O. The highest BCUT2D eigenvalue weighted by Gasteiger charge is 2.09. The smallest absolute Gasteiger partial charge is 0.130 e. The van der Waals surface area contributed by atoms with Crippen molar-refractivity contribution in [3.8, 4) is 0 Å². The van der Waals surface area contributed by atoms with Crippen LogP contribution in [0, 0.1) is 5.92 Å². The van der Waals surface area contributed by atoms with Gasteiger partial charge in [0, 0.05) is 6.42 Å². The highest BCUT2D eigenvalue weighted by molar-refractivity contribution is 5.75. The molecular formula is C12H24O. The number of ketones is 1. The molecule has 0 saturated heterocycles. The molecule has 1 heteroatoms. The molecule has 0 aliphatic carbocycles. The summed E-state index contributed by atoms with van der Waals surface area (Å²) < 4.78 is 0. The van der Waals surface area contributed by atoms with Gasteiger partial charge in [-0.2, -0.15) is 0 Å². The maximum Gasteiger partial charge on any atom is 0.130 e. The second-order valence-corrected chi connectivity index (χ2v) is 4.06. The third-order valence-electron chi connectivity index (χ3n) is 2.51. The molecule has 0 amide bonds. The summed E-state index contributed by atoms with van der Waals surface area (Å²) in [5.41, 5.74) is 0. The number of hydrogen-bond donors (Lipinski definition) is 0. The van der Waals surface area contributed by atoms with Crippen molar-refractivity contribution in [2.24, 2.45) is 5.92 Å². The molecule has 0 unspecified atom stereocenters. The van der Waals surface area contributed by atoms with Crippen LogP contribution in [0.2, 0.25) is 0 Å². The molecule has 13 heavy (non-hydrogen) atoms. The first-order chi connectivity index (χ1) is 6.20. The van der Waals surface area contributed by atoms with E-state index in [0.717, 1.165) is 6.42 Å². The van der Waals surface area contributed by atoms with Gasteiger partial charge in [-0.15, -0.1) is 0 Å². The fourth-order valence-corrected chi connectivity index (χ4v) is 1.74. The Balaban J connectivity index is 3.66. The monoisotopic (exact) mass is 184 g/mol. The van der Waals surface area contributed by atoms with Crippen LogP contribution in [0.4, 0.5) is 0 Å². The molecule has 0 aliphatic heterocycles. The fraction of sp³-hybridized carbons (Fsp3) is 0.917. The Morgan fingerprint density at radius 2 is 1.54 bits per heavy atom. The number of rotatable bonds is 8. The molecule has 0 N–H and O–H groups in total. The van der Waals surface area contributed by atoms with E-state index in [0.29, 0.717) is 11.7 Å². The third kappa shape index (κ3) is 8.01. The molecule has 78 valence electrons. The van der Waals surface area contributed by atoms with Crippen LogP contribution in [0.5, 0.6) is 0 Å². The fourth-order valence-electron chi connectivity index (χ4n) is 1.74. The van der Waals surface area contributed by atoms with Gasteiger partial charge in [-0.05, 0) is 12.8 Å². The maximum absolute atomic E-state index is 11.0. The van der Waals surface area contributed by atoms with Gasteiger partial charge in [0.15, 0.2) is 0 Å². The van der Waals surface area contributed by atoms with Crippen molar-refractivity contribution in [1.82, 2.24) is 0 Å². The predicted molar refractivity (Wildman–Crippen MR) is 57.8 cm³/mol. The summed E-state index contributed by atoms with van der Waals surface area (Å²) in [6.45, 7) is 6.14. The van der Waals surface area contributed by atoms with Crippen LogP contribution in [0.1, 0.15) is 65.7 Å². The van der Waals surface area contributed by atoms with Gasteiger partial charge in [0.2, 0.25) is 0 Å². The summed E-state index contributed by atoms with van der Waals surface area (Å²) in [5, 5.41) is 0. The molecule has 0 saturated carbocycles. The summed E-state index contributed by atoms with van der Waals surface area (Å²) in [6.07, 6.45) is 8.36. The van der Waals surface area contributed by atoms with Gasteiger partial charge in [0.25, 0.3) is 0 Å². The molecule has 0 aromatic carbocycles. The molecule has 0 bridgehead atoms. The second-order valence-electron chi connectivity index (χ2n) is 4.06. The zero-order valence-corrected chi connectivity index (χ0v) is 9.44. The van der Waals surface area contributed by atoms with E-state index in [2.05, 4.69) is 13.8 Å². The summed E-state index contributed by atoms with van der Waals surface area (Å²) in [7, 11) is 0. The average molecular weight is 184 g/mol. The Hall–Kier alpha value is -0.330. The molecule has 0 radical (unpaired) electrons. The van der Waals surface area contributed by atoms with E-state index in [1.807, 2.05) is 0 Å². The van der Waals surface area contributed by atoms with Gasteiger partial charge in [-0.3, -0.25) is 0 Å². The van der Waals surface area contributed by atoms with Gasteiger partial charge in [-0.25, -0.2) is 0 Å². The number of carbonyl (C=O) groups excluding carboxylic acids is 1. The number of hydrogen-bond acceptors (Lipinski definition) is 1. The first-order valence-corrected chi connectivity index (χ1v) is 5.70. The van der Waals surface area contributed by atoms with E-state index in [1.165, 1.54) is 38.5 Å². The van der Waals surface area contributed by atoms with Crippen molar-refractivity contribution in [3.63, 3.8) is 0 Å². The molecule has 0 aromatic heterocycles. The van der Waals surface area contributed by atoms with Crippen LogP contribution in [0.3, 0.4) is 0 Å². The maximum atomic E-state index is 11.0. The minimum absolute atomic E-state index is 0.359. The number of carbonyl (C=O) groups is 1. The van der Waals surface area contributed by atoms with Crippen LogP contribution in [0.25, 0.3) is 0 Å². The molecule has 0 aromatic rings. The normalized spacial score (nSPS) is 10.8. The molecule has 0 rings (SSSR count). The topological polar surface area (TPSA) is 17.1 Å². The molecule has 0 spiro atoms. The zero-order valence-electron chi connectivity index (χ0n) is 9.44. The largest absolute Gasteiger partial charge is 0.300 e. The van der Waals surface area contributed by atoms with E-state index in [4.69, 9.17) is 0 Å². The first kappa shape index (κ1) is 12.7. The molecule has 0 aliphatic rings. The number of Topliss-reactive ketones (excluding diaryl/α,β-unsaturated/α-hetero) is 1. The van der Waals surface area contributed by atoms with E-state index in [1.54, 1.807) is 6.92 Å². The third-order valence-corrected chi connectivity index (χ3v) is 2.51. The summed E-state index contributed by atoms with van der Waals surface area (Å²) in [4.78, 5) is 11.0. The average Bonchev–Trinajstić information content (AvgIpc) is 2.09. The summed E-state index contributed by atoms with van der Waals surface area (Å²) >= 11 is 0. The quantitative estimate of drug-likeness (QED) is 0.558. The van der Waals surface area contributed by atoms with Gasteiger partial charge in [0.05, 0.1) is 0 Å². The van der Waals surface area contributed by atoms with Crippen molar-refractivity contribution in [1.29, 1.82) is 0 Å². The van der Waals surface area contributed by atoms with Gasteiger partial charge >= 0.3 is 0 Å². The van der Waals surface area contributed by atoms with E-state index in [9.17, 15) is 4.79 Å². The summed E-state index contributed by atoms with van der Waals surface area (Å²) in [6, 6.07) is 0. The predicted octanol–water partition coefficient (Wildman–Crippen LogP) is 3.96. The van der Waals surface area contributed by atoms with Crippen LogP contribution < -0.4 is 0 Å². The van der Waals surface area contributed by atoms with Crippen LogP contribution >= 0.6 is 0 Å². The first-order valence-electron chi connectivity index (χ1n) is 5.70. The molecule has 1 nitrogen and oxygen atoms in total. The minimum atomic E-state index is 0.359. The minimum Gasteiger partial charge on any atom is -0.300 e. The van der Waals surface area contributed by atoms with Crippen molar-refractivity contribution in [3.05, 3.63) is 0 Å². The Labute approximate surface area is 82.9 Å². The lowest BCUT2D eigenvalue weighted by Crippen LogP contribution is -2.06. The Kier molecular flexibility index (Phi) is 8.07. The van der Waals surface area contributed by atoms with Gasteiger partial charge in [-0.1, -0.05) is 52.4 Å². The van der Waals surface area contributed by atoms with E-state index in [-0.39, 0.29) is 0 Å². The van der Waals surface area contributed by atoms with Crippen LogP contribution in [0.15, 0.2) is 0 Å². The van der Waals surface area contributed by atoms with Crippen LogP contribution in [-0.4, -0.2) is 5.78 Å². The highest BCUT2D eigenvalue weighted by Crippen LogP contribution is 2.19. The lowest BCUT2D eigenvalue weighted by atomic mass is 9.91. The Morgan fingerprint density at radius 1 is 1.08 bits per heavy atom.